The van der Waals surface area contributed by atoms with E-state index in [9.17, 15) is 4.79 Å². The highest BCUT2D eigenvalue weighted by Crippen LogP contribution is 2.27. The summed E-state index contributed by atoms with van der Waals surface area (Å²) in [5.41, 5.74) is 11.6. The summed E-state index contributed by atoms with van der Waals surface area (Å²) in [6.07, 6.45) is 0. The lowest BCUT2D eigenvalue weighted by Gasteiger charge is -2.11. The predicted octanol–water partition coefficient (Wildman–Crippen LogP) is -0.394. The molecule has 1 unspecified atom stereocenters. The lowest BCUT2D eigenvalue weighted by atomic mass is 10.2. The summed E-state index contributed by atoms with van der Waals surface area (Å²) >= 11 is 0. The summed E-state index contributed by atoms with van der Waals surface area (Å²) in [5.74, 6) is 0.820. The smallest absolute Gasteiger partial charge is 0.235 e. The van der Waals surface area contributed by atoms with Gasteiger partial charge in [-0.3, -0.25) is 4.79 Å². The molecule has 0 aliphatic carbocycles. The number of carbonyl (C=O) groups is 1. The number of methoxy groups -OCH3 is 2. The number of rotatable bonds is 7. The van der Waals surface area contributed by atoms with Crippen molar-refractivity contribution in [2.75, 3.05) is 20.8 Å². The maximum Gasteiger partial charge on any atom is 0.235 e. The standard InChI is InChI=1S/C12H19N3O3/c1-17-10-4-3-8(5-11(10)18-2)6-15-7-9(13)12(14)16/h3-5,9,15H,6-7,13H2,1-2H3,(H2,14,16). The van der Waals surface area contributed by atoms with Gasteiger partial charge in [-0.15, -0.1) is 0 Å². The van der Waals surface area contributed by atoms with Crippen LogP contribution in [0.4, 0.5) is 0 Å². The molecule has 18 heavy (non-hydrogen) atoms. The number of hydrogen-bond acceptors (Lipinski definition) is 5. The second-order valence-corrected chi connectivity index (χ2v) is 3.83. The van der Waals surface area contributed by atoms with E-state index in [2.05, 4.69) is 5.32 Å². The van der Waals surface area contributed by atoms with Crippen molar-refractivity contribution in [3.63, 3.8) is 0 Å². The van der Waals surface area contributed by atoms with E-state index in [0.29, 0.717) is 24.6 Å². The Kier molecular flexibility index (Phi) is 5.41. The molecule has 0 aromatic heterocycles. The second kappa shape index (κ2) is 6.83. The summed E-state index contributed by atoms with van der Waals surface area (Å²) in [6, 6.07) is 4.92. The second-order valence-electron chi connectivity index (χ2n) is 3.83. The molecule has 1 aromatic rings. The van der Waals surface area contributed by atoms with Crippen LogP contribution < -0.4 is 26.3 Å². The summed E-state index contributed by atoms with van der Waals surface area (Å²) in [7, 11) is 3.17. The van der Waals surface area contributed by atoms with Crippen LogP contribution >= 0.6 is 0 Å². The Bertz CT molecular complexity index is 410. The van der Waals surface area contributed by atoms with Gasteiger partial charge < -0.3 is 26.3 Å². The Morgan fingerprint density at radius 2 is 2.00 bits per heavy atom. The minimum absolute atomic E-state index is 0.337. The van der Waals surface area contributed by atoms with E-state index in [1.165, 1.54) is 0 Å². The molecule has 0 spiro atoms. The molecule has 1 rings (SSSR count). The van der Waals surface area contributed by atoms with Gasteiger partial charge in [0.2, 0.25) is 5.91 Å². The zero-order valence-corrected chi connectivity index (χ0v) is 10.6. The fraction of sp³-hybridized carbons (Fsp3) is 0.417. The first-order valence-electron chi connectivity index (χ1n) is 5.55. The number of amides is 1. The van der Waals surface area contributed by atoms with Gasteiger partial charge in [-0.2, -0.15) is 0 Å². The maximum atomic E-state index is 10.7. The Hall–Kier alpha value is -1.79. The molecule has 100 valence electrons. The fourth-order valence-electron chi connectivity index (χ4n) is 1.46. The van der Waals surface area contributed by atoms with Crippen LogP contribution in [-0.4, -0.2) is 32.7 Å². The summed E-state index contributed by atoms with van der Waals surface area (Å²) in [4.78, 5) is 10.7. The van der Waals surface area contributed by atoms with Crippen molar-refractivity contribution >= 4 is 5.91 Å². The van der Waals surface area contributed by atoms with Gasteiger partial charge in [0.15, 0.2) is 11.5 Å². The van der Waals surface area contributed by atoms with E-state index < -0.39 is 11.9 Å². The highest BCUT2D eigenvalue weighted by atomic mass is 16.5. The Labute approximate surface area is 106 Å². The summed E-state index contributed by atoms with van der Waals surface area (Å²) < 4.78 is 10.3. The first-order valence-corrected chi connectivity index (χ1v) is 5.55. The van der Waals surface area contributed by atoms with Crippen molar-refractivity contribution in [1.82, 2.24) is 5.32 Å². The molecular formula is C12H19N3O3. The number of nitrogens with two attached hydrogens (primary N) is 2. The van der Waals surface area contributed by atoms with Gasteiger partial charge in [-0.1, -0.05) is 6.07 Å². The molecule has 0 heterocycles. The van der Waals surface area contributed by atoms with Gasteiger partial charge in [0.05, 0.1) is 20.3 Å². The van der Waals surface area contributed by atoms with Crippen molar-refractivity contribution in [2.45, 2.75) is 12.6 Å². The first kappa shape index (κ1) is 14.3. The van der Waals surface area contributed by atoms with E-state index >= 15 is 0 Å². The van der Waals surface area contributed by atoms with Crippen LogP contribution in [0.2, 0.25) is 0 Å². The quantitative estimate of drug-likeness (QED) is 0.614. The Morgan fingerprint density at radius 1 is 1.33 bits per heavy atom. The van der Waals surface area contributed by atoms with E-state index in [1.54, 1.807) is 14.2 Å². The number of hydrogen-bond donors (Lipinski definition) is 3. The van der Waals surface area contributed by atoms with Gasteiger partial charge >= 0.3 is 0 Å². The van der Waals surface area contributed by atoms with Crippen LogP contribution in [0, 0.1) is 0 Å². The van der Waals surface area contributed by atoms with Crippen LogP contribution in [0.3, 0.4) is 0 Å². The molecular weight excluding hydrogens is 234 g/mol. The van der Waals surface area contributed by atoms with Crippen LogP contribution in [-0.2, 0) is 11.3 Å². The molecule has 0 fully saturated rings. The van der Waals surface area contributed by atoms with Crippen LogP contribution in [0.25, 0.3) is 0 Å². The van der Waals surface area contributed by atoms with Gasteiger partial charge in [0.25, 0.3) is 0 Å². The van der Waals surface area contributed by atoms with Crippen molar-refractivity contribution in [2.24, 2.45) is 11.5 Å². The average molecular weight is 253 g/mol. The fourth-order valence-corrected chi connectivity index (χ4v) is 1.46. The average Bonchev–Trinajstić information content (AvgIpc) is 2.38. The van der Waals surface area contributed by atoms with Crippen LogP contribution in [0.15, 0.2) is 18.2 Å². The van der Waals surface area contributed by atoms with Gasteiger partial charge in [-0.25, -0.2) is 0 Å². The Morgan fingerprint density at radius 3 is 2.56 bits per heavy atom. The van der Waals surface area contributed by atoms with E-state index in [0.717, 1.165) is 5.56 Å². The SMILES string of the molecule is COc1ccc(CNCC(N)C(N)=O)cc1OC. The minimum Gasteiger partial charge on any atom is -0.493 e. The Balaban J connectivity index is 2.55. The van der Waals surface area contributed by atoms with Crippen LogP contribution in [0.1, 0.15) is 5.56 Å². The van der Waals surface area contributed by atoms with E-state index in [4.69, 9.17) is 20.9 Å². The number of carbonyl (C=O) groups excluding carboxylic acids is 1. The monoisotopic (exact) mass is 253 g/mol. The minimum atomic E-state index is -0.676. The van der Waals surface area contributed by atoms with Gasteiger partial charge in [0, 0.05) is 13.1 Å². The zero-order valence-electron chi connectivity index (χ0n) is 10.6. The van der Waals surface area contributed by atoms with Crippen molar-refractivity contribution in [3.05, 3.63) is 23.8 Å². The third-order valence-corrected chi connectivity index (χ3v) is 2.51. The van der Waals surface area contributed by atoms with Crippen molar-refractivity contribution in [1.29, 1.82) is 0 Å². The lowest BCUT2D eigenvalue weighted by Crippen LogP contribution is -2.44. The topological polar surface area (TPSA) is 99.6 Å². The van der Waals surface area contributed by atoms with Gasteiger partial charge in [0.1, 0.15) is 0 Å². The molecule has 0 saturated carbocycles. The first-order chi connectivity index (χ1) is 8.58. The van der Waals surface area contributed by atoms with E-state index in [-0.39, 0.29) is 0 Å². The molecule has 0 aliphatic heterocycles. The highest BCUT2D eigenvalue weighted by Gasteiger charge is 2.08. The zero-order chi connectivity index (χ0) is 13.5. The predicted molar refractivity (Wildman–Crippen MR) is 68.4 cm³/mol. The van der Waals surface area contributed by atoms with Crippen molar-refractivity contribution in [3.8, 4) is 11.5 Å². The molecule has 1 amide bonds. The number of ether oxygens (including phenoxy) is 2. The molecule has 0 aliphatic rings. The molecule has 0 bridgehead atoms. The number of benzene rings is 1. The normalized spacial score (nSPS) is 11.9. The highest BCUT2D eigenvalue weighted by molar-refractivity contribution is 5.79. The van der Waals surface area contributed by atoms with Crippen LogP contribution in [0.5, 0.6) is 11.5 Å². The summed E-state index contributed by atoms with van der Waals surface area (Å²) in [6.45, 7) is 0.908. The largest absolute Gasteiger partial charge is 0.493 e. The number of primary amides is 1. The molecule has 6 nitrogen and oxygen atoms in total. The number of nitrogens with one attached hydrogen (secondary N) is 1. The molecule has 0 radical (unpaired) electrons. The summed E-state index contributed by atoms with van der Waals surface area (Å²) in [5, 5.41) is 3.05. The third-order valence-electron chi connectivity index (χ3n) is 2.51. The molecule has 1 atom stereocenters. The van der Waals surface area contributed by atoms with E-state index in [1.807, 2.05) is 18.2 Å². The lowest BCUT2D eigenvalue weighted by molar-refractivity contribution is -0.119. The van der Waals surface area contributed by atoms with Gasteiger partial charge in [-0.05, 0) is 17.7 Å². The third kappa shape index (κ3) is 3.90. The molecule has 5 N–H and O–H groups in total. The molecule has 6 heteroatoms. The molecule has 1 aromatic carbocycles. The molecule has 0 saturated heterocycles. The van der Waals surface area contributed by atoms with Crippen molar-refractivity contribution < 1.29 is 14.3 Å². The maximum absolute atomic E-state index is 10.7.